The molecule has 1 N–H and O–H groups in total. The molecule has 0 aliphatic rings. The van der Waals surface area contributed by atoms with Gasteiger partial charge in [0.05, 0.1) is 5.56 Å². The number of hydrogen-bond donors (Lipinski definition) is 1. The summed E-state index contributed by atoms with van der Waals surface area (Å²) < 4.78 is 60.2. The summed E-state index contributed by atoms with van der Waals surface area (Å²) in [5.74, 6) is -1.44. The second kappa shape index (κ2) is 9.02. The Morgan fingerprint density at radius 1 is 0.926 bits per heavy atom. The van der Waals surface area contributed by atoms with Gasteiger partial charge < -0.3 is 14.8 Å². The molecule has 27 heavy (non-hydrogen) atoms. The lowest BCUT2D eigenvalue weighted by Crippen LogP contribution is -2.31. The van der Waals surface area contributed by atoms with Crippen molar-refractivity contribution in [3.8, 4) is 5.75 Å². The van der Waals surface area contributed by atoms with E-state index < -0.39 is 36.0 Å². The molecule has 1 amide bonds. The van der Waals surface area contributed by atoms with Gasteiger partial charge in [-0.3, -0.25) is 9.59 Å². The molecule has 2 rings (SSSR count). The van der Waals surface area contributed by atoms with E-state index in [2.05, 4.69) is 5.32 Å². The molecular weight excluding hydrogens is 370 g/mol. The maximum absolute atomic E-state index is 12.7. The molecule has 9 heteroatoms. The Morgan fingerprint density at radius 2 is 1.56 bits per heavy atom. The third-order valence-corrected chi connectivity index (χ3v) is 3.30. The predicted octanol–water partition coefficient (Wildman–Crippen LogP) is 3.20. The standard InChI is InChI=1S/C18H15F4NO4/c19-14-5-7-15(8-6-14)26-9-10-27-16(24)11-23-17(25)12-1-3-13(4-2-12)18(20,21)22/h1-8H,9-11H2,(H,23,25). The van der Waals surface area contributed by atoms with Gasteiger partial charge in [-0.1, -0.05) is 0 Å². The van der Waals surface area contributed by atoms with Gasteiger partial charge in [0.2, 0.25) is 0 Å². The number of halogens is 4. The lowest BCUT2D eigenvalue weighted by molar-refractivity contribution is -0.143. The maximum Gasteiger partial charge on any atom is 0.416 e. The molecule has 2 aromatic rings. The SMILES string of the molecule is O=C(CNC(=O)c1ccc(C(F)(F)F)cc1)OCCOc1ccc(F)cc1. The molecule has 0 spiro atoms. The van der Waals surface area contributed by atoms with Crippen LogP contribution in [0.2, 0.25) is 0 Å². The third-order valence-electron chi connectivity index (χ3n) is 3.30. The number of carbonyl (C=O) groups excluding carboxylic acids is 2. The number of hydrogen-bond acceptors (Lipinski definition) is 4. The van der Waals surface area contributed by atoms with Gasteiger partial charge in [0, 0.05) is 5.56 Å². The van der Waals surface area contributed by atoms with Crippen LogP contribution in [-0.2, 0) is 15.7 Å². The van der Waals surface area contributed by atoms with Crippen LogP contribution in [0.4, 0.5) is 17.6 Å². The van der Waals surface area contributed by atoms with Crippen molar-refractivity contribution in [2.24, 2.45) is 0 Å². The van der Waals surface area contributed by atoms with E-state index in [4.69, 9.17) is 9.47 Å². The number of alkyl halides is 3. The molecule has 0 saturated heterocycles. The van der Waals surface area contributed by atoms with E-state index in [1.165, 1.54) is 24.3 Å². The molecule has 0 aliphatic carbocycles. The van der Waals surface area contributed by atoms with Crippen LogP contribution in [0.15, 0.2) is 48.5 Å². The quantitative estimate of drug-likeness (QED) is 0.452. The van der Waals surface area contributed by atoms with Crippen LogP contribution in [0.25, 0.3) is 0 Å². The van der Waals surface area contributed by atoms with E-state index >= 15 is 0 Å². The summed E-state index contributed by atoms with van der Waals surface area (Å²) in [4.78, 5) is 23.3. The monoisotopic (exact) mass is 385 g/mol. The average Bonchev–Trinajstić information content (AvgIpc) is 2.64. The second-order valence-corrected chi connectivity index (χ2v) is 5.28. The number of esters is 1. The van der Waals surface area contributed by atoms with Crippen molar-refractivity contribution < 1.29 is 36.6 Å². The third kappa shape index (κ3) is 6.61. The summed E-state index contributed by atoms with van der Waals surface area (Å²) in [6, 6.07) is 8.86. The van der Waals surface area contributed by atoms with Gasteiger partial charge in [0.1, 0.15) is 31.3 Å². The largest absolute Gasteiger partial charge is 0.490 e. The number of carbonyl (C=O) groups is 2. The number of rotatable bonds is 7. The smallest absolute Gasteiger partial charge is 0.416 e. The highest BCUT2D eigenvalue weighted by Crippen LogP contribution is 2.29. The van der Waals surface area contributed by atoms with Gasteiger partial charge in [0.15, 0.2) is 0 Å². The fourth-order valence-electron chi connectivity index (χ4n) is 1.96. The van der Waals surface area contributed by atoms with E-state index in [-0.39, 0.29) is 18.8 Å². The molecule has 0 aromatic heterocycles. The number of amides is 1. The molecule has 0 unspecified atom stereocenters. The average molecular weight is 385 g/mol. The molecule has 144 valence electrons. The molecule has 0 atom stereocenters. The van der Waals surface area contributed by atoms with Crippen molar-refractivity contribution >= 4 is 11.9 Å². The van der Waals surface area contributed by atoms with Crippen LogP contribution in [0.1, 0.15) is 15.9 Å². The number of nitrogens with one attached hydrogen (secondary N) is 1. The Hall–Kier alpha value is -3.10. The summed E-state index contributed by atoms with van der Waals surface area (Å²) in [5.41, 5.74) is -0.893. The lowest BCUT2D eigenvalue weighted by Gasteiger charge is -2.09. The van der Waals surface area contributed by atoms with Crippen LogP contribution in [0, 0.1) is 5.82 Å². The van der Waals surface area contributed by atoms with Crippen molar-refractivity contribution in [2.75, 3.05) is 19.8 Å². The highest BCUT2D eigenvalue weighted by Gasteiger charge is 2.30. The molecular formula is C18H15F4NO4. The van der Waals surface area contributed by atoms with Crippen molar-refractivity contribution in [3.05, 3.63) is 65.5 Å². The van der Waals surface area contributed by atoms with E-state index in [0.717, 1.165) is 24.3 Å². The van der Waals surface area contributed by atoms with Gasteiger partial charge in [-0.2, -0.15) is 13.2 Å². The van der Waals surface area contributed by atoms with Gasteiger partial charge in [0.25, 0.3) is 5.91 Å². The summed E-state index contributed by atoms with van der Waals surface area (Å²) in [6.07, 6.45) is -4.49. The first-order valence-electron chi connectivity index (χ1n) is 7.75. The normalized spacial score (nSPS) is 11.0. The van der Waals surface area contributed by atoms with Crippen LogP contribution in [0.5, 0.6) is 5.75 Å². The van der Waals surface area contributed by atoms with Crippen molar-refractivity contribution in [3.63, 3.8) is 0 Å². The first-order chi connectivity index (χ1) is 12.8. The minimum absolute atomic E-state index is 0.0181. The zero-order chi connectivity index (χ0) is 19.9. The molecule has 5 nitrogen and oxygen atoms in total. The molecule has 0 fully saturated rings. The van der Waals surface area contributed by atoms with E-state index in [9.17, 15) is 27.2 Å². The summed E-state index contributed by atoms with van der Waals surface area (Å²) in [7, 11) is 0. The highest BCUT2D eigenvalue weighted by molar-refractivity contribution is 5.95. The Bertz CT molecular complexity index is 773. The van der Waals surface area contributed by atoms with Crippen molar-refractivity contribution in [1.29, 1.82) is 0 Å². The minimum Gasteiger partial charge on any atom is -0.490 e. The number of benzene rings is 2. The van der Waals surface area contributed by atoms with Gasteiger partial charge in [-0.05, 0) is 48.5 Å². The summed E-state index contributed by atoms with van der Waals surface area (Å²) in [6.45, 7) is -0.507. The minimum atomic E-state index is -4.49. The molecule has 0 radical (unpaired) electrons. The van der Waals surface area contributed by atoms with Crippen molar-refractivity contribution in [1.82, 2.24) is 5.32 Å². The van der Waals surface area contributed by atoms with Gasteiger partial charge in [-0.25, -0.2) is 4.39 Å². The van der Waals surface area contributed by atoms with Crippen LogP contribution in [0.3, 0.4) is 0 Å². The van der Waals surface area contributed by atoms with E-state index in [1.54, 1.807) is 0 Å². The Labute approximate surface area is 151 Å². The predicted molar refractivity (Wildman–Crippen MR) is 86.6 cm³/mol. The van der Waals surface area contributed by atoms with E-state index in [1.807, 2.05) is 0 Å². The Balaban J connectivity index is 1.68. The van der Waals surface area contributed by atoms with Gasteiger partial charge >= 0.3 is 12.1 Å². The second-order valence-electron chi connectivity index (χ2n) is 5.28. The fraction of sp³-hybridized carbons (Fsp3) is 0.222. The molecule has 0 bridgehead atoms. The van der Waals surface area contributed by atoms with Crippen LogP contribution in [-0.4, -0.2) is 31.6 Å². The zero-order valence-corrected chi connectivity index (χ0v) is 13.9. The lowest BCUT2D eigenvalue weighted by atomic mass is 10.1. The summed E-state index contributed by atoms with van der Waals surface area (Å²) in [5, 5.41) is 2.24. The van der Waals surface area contributed by atoms with Crippen LogP contribution < -0.4 is 10.1 Å². The molecule has 0 saturated carbocycles. The Morgan fingerprint density at radius 3 is 2.15 bits per heavy atom. The fourth-order valence-corrected chi connectivity index (χ4v) is 1.96. The van der Waals surface area contributed by atoms with E-state index in [0.29, 0.717) is 5.75 Å². The maximum atomic E-state index is 12.7. The highest BCUT2D eigenvalue weighted by atomic mass is 19.4. The Kier molecular flexibility index (Phi) is 6.75. The zero-order valence-electron chi connectivity index (χ0n) is 13.9. The molecule has 0 heterocycles. The summed E-state index contributed by atoms with van der Waals surface area (Å²) >= 11 is 0. The topological polar surface area (TPSA) is 64.6 Å². The van der Waals surface area contributed by atoms with Crippen molar-refractivity contribution in [2.45, 2.75) is 6.18 Å². The first kappa shape index (κ1) is 20.2. The molecule has 2 aromatic carbocycles. The van der Waals surface area contributed by atoms with Crippen LogP contribution >= 0.6 is 0 Å². The van der Waals surface area contributed by atoms with Gasteiger partial charge in [-0.15, -0.1) is 0 Å². The number of ether oxygens (including phenoxy) is 2. The first-order valence-corrected chi connectivity index (χ1v) is 7.75. The molecule has 0 aliphatic heterocycles.